The number of aromatic carboxylic acids is 1. The first-order valence-corrected chi connectivity index (χ1v) is 5.77. The number of halogens is 1. The van der Waals surface area contributed by atoms with Crippen LogP contribution in [0.2, 0.25) is 0 Å². The minimum atomic E-state index is -1.03. The fraction of sp³-hybridized carbons (Fsp3) is 0.167. The topological polar surface area (TPSA) is 66.4 Å². The maximum atomic E-state index is 11.4. The highest BCUT2D eigenvalue weighted by Gasteiger charge is 2.08. The van der Waals surface area contributed by atoms with E-state index >= 15 is 0 Å². The van der Waals surface area contributed by atoms with E-state index in [4.69, 9.17) is 5.11 Å². The van der Waals surface area contributed by atoms with Gasteiger partial charge in [0.2, 0.25) is 5.91 Å². The molecular formula is C12H12BrNO3. The van der Waals surface area contributed by atoms with E-state index in [9.17, 15) is 9.59 Å². The van der Waals surface area contributed by atoms with Crippen molar-refractivity contribution in [3.05, 3.63) is 40.9 Å². The third-order valence-electron chi connectivity index (χ3n) is 2.00. The van der Waals surface area contributed by atoms with Crippen LogP contribution in [0.25, 0.3) is 0 Å². The summed E-state index contributed by atoms with van der Waals surface area (Å²) in [6.07, 6.45) is 2.58. The van der Waals surface area contributed by atoms with Gasteiger partial charge < -0.3 is 10.4 Å². The first-order chi connectivity index (χ1) is 8.02. The molecule has 0 unspecified atom stereocenters. The second-order valence-corrected chi connectivity index (χ2v) is 4.32. The lowest BCUT2D eigenvalue weighted by molar-refractivity contribution is -0.116. The zero-order chi connectivity index (χ0) is 12.8. The summed E-state index contributed by atoms with van der Waals surface area (Å²) in [6, 6.07) is 4.54. The summed E-state index contributed by atoms with van der Waals surface area (Å²) in [5.41, 5.74) is 0.587. The van der Waals surface area contributed by atoms with Crippen molar-refractivity contribution in [2.24, 2.45) is 0 Å². The first kappa shape index (κ1) is 13.4. The van der Waals surface area contributed by atoms with Crippen molar-refractivity contribution < 1.29 is 14.7 Å². The van der Waals surface area contributed by atoms with E-state index in [1.165, 1.54) is 12.1 Å². The highest BCUT2D eigenvalue weighted by Crippen LogP contribution is 2.20. The molecule has 17 heavy (non-hydrogen) atoms. The number of hydrogen-bond donors (Lipinski definition) is 2. The molecule has 0 aromatic heterocycles. The number of allylic oxidation sites excluding steroid dienone is 1. The van der Waals surface area contributed by atoms with Crippen LogP contribution in [0, 0.1) is 0 Å². The van der Waals surface area contributed by atoms with E-state index in [0.717, 1.165) is 0 Å². The molecule has 0 saturated heterocycles. The molecule has 90 valence electrons. The summed E-state index contributed by atoms with van der Waals surface area (Å²) in [5.74, 6) is -1.20. The van der Waals surface area contributed by atoms with Gasteiger partial charge in [0, 0.05) is 16.6 Å². The van der Waals surface area contributed by atoms with E-state index in [2.05, 4.69) is 27.8 Å². The molecule has 0 aliphatic carbocycles. The summed E-state index contributed by atoms with van der Waals surface area (Å²) < 4.78 is 0.608. The van der Waals surface area contributed by atoms with E-state index in [0.29, 0.717) is 23.0 Å². The lowest BCUT2D eigenvalue weighted by Gasteiger charge is -2.06. The molecule has 4 nitrogen and oxygen atoms in total. The minimum absolute atomic E-state index is 0.124. The van der Waals surface area contributed by atoms with Gasteiger partial charge in [0.1, 0.15) is 0 Å². The Morgan fingerprint density at radius 1 is 1.41 bits per heavy atom. The van der Waals surface area contributed by atoms with Gasteiger partial charge in [-0.2, -0.15) is 0 Å². The van der Waals surface area contributed by atoms with Gasteiger partial charge in [-0.05, 0) is 24.6 Å². The summed E-state index contributed by atoms with van der Waals surface area (Å²) in [7, 11) is 0. The van der Waals surface area contributed by atoms with Crippen LogP contribution in [0.5, 0.6) is 0 Å². The van der Waals surface area contributed by atoms with Crippen LogP contribution in [0.3, 0.4) is 0 Å². The van der Waals surface area contributed by atoms with Crippen LogP contribution in [0.15, 0.2) is 35.3 Å². The third-order valence-corrected chi connectivity index (χ3v) is 2.46. The van der Waals surface area contributed by atoms with Gasteiger partial charge in [-0.3, -0.25) is 4.79 Å². The molecule has 0 saturated carbocycles. The third kappa shape index (κ3) is 4.40. The molecule has 1 aromatic rings. The monoisotopic (exact) mass is 297 g/mol. The Morgan fingerprint density at radius 2 is 2.12 bits per heavy atom. The Balaban J connectivity index is 2.80. The largest absolute Gasteiger partial charge is 0.478 e. The molecule has 0 bridgehead atoms. The highest BCUT2D eigenvalue weighted by atomic mass is 79.9. The van der Waals surface area contributed by atoms with Gasteiger partial charge in [-0.1, -0.05) is 22.0 Å². The van der Waals surface area contributed by atoms with E-state index in [-0.39, 0.29) is 11.5 Å². The zero-order valence-electron chi connectivity index (χ0n) is 9.07. The van der Waals surface area contributed by atoms with Crippen LogP contribution in [-0.2, 0) is 4.79 Å². The van der Waals surface area contributed by atoms with Crippen LogP contribution in [-0.4, -0.2) is 17.0 Å². The molecule has 1 amide bonds. The quantitative estimate of drug-likeness (QED) is 0.821. The standard InChI is InChI=1S/C12H12BrNO3/c1-2-3-4-11(15)14-10-6-8(12(16)17)5-9(13)7-10/h2,5-7H,1,3-4H2,(H,14,15)(H,16,17). The van der Waals surface area contributed by atoms with E-state index in [1.807, 2.05) is 0 Å². The Hall–Kier alpha value is -1.62. The Labute approximate surface area is 107 Å². The van der Waals surface area contributed by atoms with Gasteiger partial charge in [0.15, 0.2) is 0 Å². The summed E-state index contributed by atoms with van der Waals surface area (Å²) in [4.78, 5) is 22.3. The lowest BCUT2D eigenvalue weighted by atomic mass is 10.2. The molecule has 1 aromatic carbocycles. The fourth-order valence-electron chi connectivity index (χ4n) is 1.24. The van der Waals surface area contributed by atoms with Gasteiger partial charge in [-0.15, -0.1) is 6.58 Å². The Morgan fingerprint density at radius 3 is 2.71 bits per heavy atom. The Kier molecular flexibility index (Phi) is 4.90. The van der Waals surface area contributed by atoms with Crippen molar-refractivity contribution in [2.45, 2.75) is 12.8 Å². The SMILES string of the molecule is C=CCCC(=O)Nc1cc(Br)cc(C(=O)O)c1. The van der Waals surface area contributed by atoms with E-state index in [1.54, 1.807) is 12.1 Å². The van der Waals surface area contributed by atoms with Gasteiger partial charge in [0.25, 0.3) is 0 Å². The molecule has 0 aliphatic heterocycles. The number of anilines is 1. The van der Waals surface area contributed by atoms with Crippen LogP contribution >= 0.6 is 15.9 Å². The molecule has 0 atom stereocenters. The molecule has 0 radical (unpaired) electrons. The number of rotatable bonds is 5. The summed E-state index contributed by atoms with van der Waals surface area (Å²) in [6.45, 7) is 3.53. The summed E-state index contributed by atoms with van der Waals surface area (Å²) in [5, 5.41) is 11.5. The summed E-state index contributed by atoms with van der Waals surface area (Å²) >= 11 is 3.19. The van der Waals surface area contributed by atoms with Crippen molar-refractivity contribution >= 4 is 33.5 Å². The average Bonchev–Trinajstić information content (AvgIpc) is 2.25. The predicted molar refractivity (Wildman–Crippen MR) is 69.2 cm³/mol. The molecule has 1 rings (SSSR count). The van der Waals surface area contributed by atoms with Crippen LogP contribution < -0.4 is 5.32 Å². The number of benzene rings is 1. The van der Waals surface area contributed by atoms with Crippen LogP contribution in [0.1, 0.15) is 23.2 Å². The fourth-order valence-corrected chi connectivity index (χ4v) is 1.74. The molecular weight excluding hydrogens is 286 g/mol. The second-order valence-electron chi connectivity index (χ2n) is 3.41. The highest BCUT2D eigenvalue weighted by molar-refractivity contribution is 9.10. The number of amides is 1. The zero-order valence-corrected chi connectivity index (χ0v) is 10.7. The smallest absolute Gasteiger partial charge is 0.335 e. The molecule has 0 spiro atoms. The van der Waals surface area contributed by atoms with Crippen LogP contribution in [0.4, 0.5) is 5.69 Å². The molecule has 0 heterocycles. The number of hydrogen-bond acceptors (Lipinski definition) is 2. The van der Waals surface area contributed by atoms with Gasteiger partial charge in [-0.25, -0.2) is 4.79 Å². The van der Waals surface area contributed by atoms with E-state index < -0.39 is 5.97 Å². The Bertz CT molecular complexity index is 457. The lowest BCUT2D eigenvalue weighted by Crippen LogP contribution is -2.11. The number of carboxylic acid groups (broad SMARTS) is 1. The first-order valence-electron chi connectivity index (χ1n) is 4.97. The maximum Gasteiger partial charge on any atom is 0.335 e. The molecule has 2 N–H and O–H groups in total. The van der Waals surface area contributed by atoms with Gasteiger partial charge in [0.05, 0.1) is 5.56 Å². The van der Waals surface area contributed by atoms with Crippen molar-refractivity contribution in [1.29, 1.82) is 0 Å². The molecule has 5 heteroatoms. The molecule has 0 aliphatic rings. The van der Waals surface area contributed by atoms with Crippen molar-refractivity contribution in [3.63, 3.8) is 0 Å². The second kappa shape index (κ2) is 6.20. The maximum absolute atomic E-state index is 11.4. The molecule has 0 fully saturated rings. The normalized spacial score (nSPS) is 9.71. The van der Waals surface area contributed by atoms with Gasteiger partial charge >= 0.3 is 5.97 Å². The number of carbonyl (C=O) groups excluding carboxylic acids is 1. The number of carbonyl (C=O) groups is 2. The van der Waals surface area contributed by atoms with Crippen molar-refractivity contribution in [1.82, 2.24) is 0 Å². The van der Waals surface area contributed by atoms with Crippen molar-refractivity contribution in [2.75, 3.05) is 5.32 Å². The average molecular weight is 298 g/mol. The number of nitrogens with one attached hydrogen (secondary N) is 1. The minimum Gasteiger partial charge on any atom is -0.478 e. The number of carboxylic acids is 1. The predicted octanol–water partition coefficient (Wildman–Crippen LogP) is 3.05. The van der Waals surface area contributed by atoms with Crippen molar-refractivity contribution in [3.8, 4) is 0 Å².